The quantitative estimate of drug-likeness (QED) is 0.682. The van der Waals surface area contributed by atoms with E-state index in [2.05, 4.69) is 15.5 Å². The molecule has 19 heavy (non-hydrogen) atoms. The van der Waals surface area contributed by atoms with Gasteiger partial charge >= 0.3 is 6.01 Å². The maximum Gasteiger partial charge on any atom is 0.322 e. The van der Waals surface area contributed by atoms with Crippen LogP contribution in [-0.4, -0.2) is 16.1 Å². The van der Waals surface area contributed by atoms with E-state index in [0.29, 0.717) is 6.07 Å². The van der Waals surface area contributed by atoms with Gasteiger partial charge in [0.1, 0.15) is 10.8 Å². The van der Waals surface area contributed by atoms with E-state index in [-0.39, 0.29) is 6.01 Å². The molecular formula is C10H5ClF3N3O2. The van der Waals surface area contributed by atoms with Gasteiger partial charge in [-0.1, -0.05) is 16.7 Å². The predicted molar refractivity (Wildman–Crippen MR) is 58.9 cm³/mol. The van der Waals surface area contributed by atoms with E-state index < -0.39 is 39.8 Å². The summed E-state index contributed by atoms with van der Waals surface area (Å²) >= 11 is 5.20. The van der Waals surface area contributed by atoms with Crippen molar-refractivity contribution < 1.29 is 22.4 Å². The minimum atomic E-state index is -1.56. The van der Waals surface area contributed by atoms with Crippen molar-refractivity contribution in [1.82, 2.24) is 10.2 Å². The van der Waals surface area contributed by atoms with Gasteiger partial charge in [-0.2, -0.15) is 0 Å². The molecule has 0 saturated heterocycles. The molecule has 0 bridgehead atoms. The summed E-state index contributed by atoms with van der Waals surface area (Å²) in [6.07, 6.45) is 0. The van der Waals surface area contributed by atoms with Crippen molar-refractivity contribution in [3.63, 3.8) is 0 Å². The lowest BCUT2D eigenvalue weighted by atomic mass is 10.2. The Bertz CT molecular complexity index is 660. The van der Waals surface area contributed by atoms with Gasteiger partial charge in [0, 0.05) is 6.92 Å². The highest BCUT2D eigenvalue weighted by atomic mass is 35.5. The number of rotatable bonds is 2. The number of halogens is 4. The third-order valence-corrected chi connectivity index (χ3v) is 2.39. The maximum atomic E-state index is 13.6. The van der Waals surface area contributed by atoms with E-state index in [1.54, 1.807) is 0 Å². The second kappa shape index (κ2) is 4.88. The van der Waals surface area contributed by atoms with Gasteiger partial charge < -0.3 is 4.42 Å². The Morgan fingerprint density at radius 2 is 2.00 bits per heavy atom. The molecule has 1 amide bonds. The van der Waals surface area contributed by atoms with Crippen LogP contribution in [0.1, 0.15) is 6.92 Å². The van der Waals surface area contributed by atoms with E-state index in [0.717, 1.165) is 0 Å². The fraction of sp³-hybridized carbons (Fsp3) is 0.100. The molecule has 0 fully saturated rings. The summed E-state index contributed by atoms with van der Waals surface area (Å²) in [7, 11) is 0. The van der Waals surface area contributed by atoms with E-state index in [4.69, 9.17) is 16.0 Å². The minimum absolute atomic E-state index is 0.322. The number of nitrogens with zero attached hydrogens (tertiary/aromatic N) is 2. The molecule has 0 aliphatic rings. The van der Waals surface area contributed by atoms with Gasteiger partial charge in [0.25, 0.3) is 5.89 Å². The Balaban J connectivity index is 2.47. The molecule has 1 N–H and O–H groups in total. The normalized spacial score (nSPS) is 10.6. The molecule has 1 heterocycles. The highest BCUT2D eigenvalue weighted by Gasteiger charge is 2.22. The van der Waals surface area contributed by atoms with Gasteiger partial charge in [-0.25, -0.2) is 13.2 Å². The molecule has 9 heteroatoms. The van der Waals surface area contributed by atoms with Crippen molar-refractivity contribution in [2.45, 2.75) is 6.92 Å². The topological polar surface area (TPSA) is 68.0 Å². The van der Waals surface area contributed by atoms with Gasteiger partial charge in [0.05, 0.1) is 5.56 Å². The second-order valence-electron chi connectivity index (χ2n) is 3.44. The van der Waals surface area contributed by atoms with Crippen molar-refractivity contribution >= 4 is 23.5 Å². The molecule has 100 valence electrons. The molecular weight excluding hydrogens is 287 g/mol. The number of nitrogens with one attached hydrogen (secondary N) is 1. The summed E-state index contributed by atoms with van der Waals surface area (Å²) in [5.41, 5.74) is -0.594. The fourth-order valence-corrected chi connectivity index (χ4v) is 1.40. The number of anilines is 1. The number of amides is 1. The third-order valence-electron chi connectivity index (χ3n) is 2.04. The lowest BCUT2D eigenvalue weighted by molar-refractivity contribution is -0.114. The molecule has 0 unspecified atom stereocenters. The first kappa shape index (κ1) is 13.3. The van der Waals surface area contributed by atoms with E-state index in [9.17, 15) is 18.0 Å². The molecule has 2 rings (SSSR count). The highest BCUT2D eigenvalue weighted by Crippen LogP contribution is 2.30. The molecule has 0 atom stereocenters. The van der Waals surface area contributed by atoms with Crippen LogP contribution >= 0.6 is 11.6 Å². The third kappa shape index (κ3) is 2.53. The first-order chi connectivity index (χ1) is 8.90. The summed E-state index contributed by atoms with van der Waals surface area (Å²) in [6.45, 7) is 1.19. The van der Waals surface area contributed by atoms with Crippen LogP contribution in [0, 0.1) is 17.5 Å². The minimum Gasteiger partial charge on any atom is -0.403 e. The Hall–Kier alpha value is -2.09. The number of hydrogen-bond donors (Lipinski definition) is 1. The maximum absolute atomic E-state index is 13.6. The summed E-state index contributed by atoms with van der Waals surface area (Å²) in [5.74, 6) is -5.14. The largest absolute Gasteiger partial charge is 0.403 e. The van der Waals surface area contributed by atoms with Crippen molar-refractivity contribution in [2.75, 3.05) is 5.32 Å². The van der Waals surface area contributed by atoms with Crippen molar-refractivity contribution in [2.24, 2.45) is 0 Å². The van der Waals surface area contributed by atoms with Crippen LogP contribution in [0.4, 0.5) is 19.2 Å². The number of hydrogen-bond acceptors (Lipinski definition) is 4. The Labute approximate surface area is 109 Å². The second-order valence-corrected chi connectivity index (χ2v) is 3.82. The molecule has 5 nitrogen and oxygen atoms in total. The number of carbonyl (C=O) groups excluding carboxylic acids is 1. The number of benzene rings is 1. The summed E-state index contributed by atoms with van der Waals surface area (Å²) in [5, 5.41) is 7.90. The predicted octanol–water partition coefficient (Wildman–Crippen LogP) is 2.77. The zero-order valence-corrected chi connectivity index (χ0v) is 10.1. The van der Waals surface area contributed by atoms with Gasteiger partial charge in [-0.15, -0.1) is 5.10 Å². The average molecular weight is 292 g/mol. The van der Waals surface area contributed by atoms with Crippen molar-refractivity contribution in [3.05, 3.63) is 28.5 Å². The SMILES string of the molecule is CC(=O)Nc1nnc(-c2cc(F)c(Cl)c(F)c2F)o1. The van der Waals surface area contributed by atoms with Gasteiger partial charge in [-0.3, -0.25) is 10.1 Å². The number of carbonyl (C=O) groups is 1. The van der Waals surface area contributed by atoms with Crippen LogP contribution in [0.2, 0.25) is 5.02 Å². The Kier molecular flexibility index (Phi) is 3.43. The summed E-state index contributed by atoms with van der Waals surface area (Å²) < 4.78 is 44.9. The first-order valence-electron chi connectivity index (χ1n) is 4.84. The summed E-state index contributed by atoms with van der Waals surface area (Å²) in [4.78, 5) is 10.7. The smallest absolute Gasteiger partial charge is 0.322 e. The zero-order valence-electron chi connectivity index (χ0n) is 9.30. The van der Waals surface area contributed by atoms with Crippen LogP contribution in [0.3, 0.4) is 0 Å². The van der Waals surface area contributed by atoms with Crippen LogP contribution in [0.5, 0.6) is 0 Å². The molecule has 0 aliphatic carbocycles. The standard InChI is InChI=1S/C10H5ClF3N3O2/c1-3(18)15-10-17-16-9(19-10)4-2-5(12)6(11)8(14)7(4)13/h2H,1H3,(H,15,17,18). The van der Waals surface area contributed by atoms with Gasteiger partial charge in [0.2, 0.25) is 5.91 Å². The van der Waals surface area contributed by atoms with Crippen molar-refractivity contribution in [1.29, 1.82) is 0 Å². The lowest BCUT2D eigenvalue weighted by Gasteiger charge is -2.02. The highest BCUT2D eigenvalue weighted by molar-refractivity contribution is 6.31. The van der Waals surface area contributed by atoms with E-state index in [1.807, 2.05) is 0 Å². The molecule has 0 aliphatic heterocycles. The fourth-order valence-electron chi connectivity index (χ4n) is 1.26. The van der Waals surface area contributed by atoms with Crippen LogP contribution in [0.15, 0.2) is 10.5 Å². The summed E-state index contributed by atoms with van der Waals surface area (Å²) in [6, 6.07) is 0.295. The monoisotopic (exact) mass is 291 g/mol. The van der Waals surface area contributed by atoms with Crippen LogP contribution < -0.4 is 5.32 Å². The van der Waals surface area contributed by atoms with Crippen LogP contribution in [0.25, 0.3) is 11.5 Å². The van der Waals surface area contributed by atoms with Crippen LogP contribution in [-0.2, 0) is 4.79 Å². The molecule has 0 radical (unpaired) electrons. The molecule has 1 aromatic carbocycles. The zero-order chi connectivity index (χ0) is 14.2. The molecule has 1 aromatic heterocycles. The lowest BCUT2D eigenvalue weighted by Crippen LogP contribution is -2.05. The number of aromatic nitrogens is 2. The van der Waals surface area contributed by atoms with Gasteiger partial charge in [0.15, 0.2) is 11.6 Å². The van der Waals surface area contributed by atoms with Crippen molar-refractivity contribution in [3.8, 4) is 11.5 Å². The van der Waals surface area contributed by atoms with E-state index in [1.165, 1.54) is 6.92 Å². The average Bonchev–Trinajstić information content (AvgIpc) is 2.78. The Morgan fingerprint density at radius 3 is 2.63 bits per heavy atom. The molecule has 0 spiro atoms. The molecule has 2 aromatic rings. The van der Waals surface area contributed by atoms with Gasteiger partial charge in [-0.05, 0) is 6.07 Å². The first-order valence-corrected chi connectivity index (χ1v) is 5.22. The molecule has 0 saturated carbocycles. The Morgan fingerprint density at radius 1 is 1.32 bits per heavy atom. The van der Waals surface area contributed by atoms with E-state index >= 15 is 0 Å².